The lowest BCUT2D eigenvalue weighted by atomic mass is 9.86. The zero-order valence-corrected chi connectivity index (χ0v) is 12.4. The molecule has 0 radical (unpaired) electrons. The summed E-state index contributed by atoms with van der Waals surface area (Å²) in [5, 5.41) is 0.334. The number of anilines is 1. The Morgan fingerprint density at radius 2 is 2.10 bits per heavy atom. The normalized spacial score (nSPS) is 23.2. The van der Waals surface area contributed by atoms with Crippen LogP contribution in [0.5, 0.6) is 0 Å². The van der Waals surface area contributed by atoms with Gasteiger partial charge in [-0.25, -0.2) is 9.37 Å². The van der Waals surface area contributed by atoms with Gasteiger partial charge in [0.2, 0.25) is 0 Å². The van der Waals surface area contributed by atoms with Crippen LogP contribution in [0.4, 0.5) is 10.2 Å². The van der Waals surface area contributed by atoms with Crippen LogP contribution in [0.3, 0.4) is 0 Å². The van der Waals surface area contributed by atoms with E-state index in [1.165, 1.54) is 12.3 Å². The van der Waals surface area contributed by atoms with Crippen LogP contribution in [-0.4, -0.2) is 55.3 Å². The summed E-state index contributed by atoms with van der Waals surface area (Å²) in [6.07, 6.45) is 3.47. The summed E-state index contributed by atoms with van der Waals surface area (Å²) in [5.41, 5.74) is 0.0737. The number of likely N-dealkylation sites (N-methyl/N-ethyl adjacent to an activating group) is 1. The average molecular weight is 300 g/mol. The summed E-state index contributed by atoms with van der Waals surface area (Å²) in [4.78, 5) is 8.60. The predicted octanol–water partition coefficient (Wildman–Crippen LogP) is 2.18. The van der Waals surface area contributed by atoms with Gasteiger partial charge in [0.1, 0.15) is 0 Å². The molecule has 1 aromatic rings. The van der Waals surface area contributed by atoms with Crippen molar-refractivity contribution in [3.63, 3.8) is 0 Å². The third-order valence-electron chi connectivity index (χ3n) is 4.51. The highest BCUT2D eigenvalue weighted by molar-refractivity contribution is 6.30. The molecule has 3 rings (SSSR count). The highest BCUT2D eigenvalue weighted by atomic mass is 35.5. The number of ether oxygens (including phenoxy) is 1. The number of nitrogens with zero attached hydrogens (tertiary/aromatic N) is 3. The van der Waals surface area contributed by atoms with Crippen molar-refractivity contribution in [2.24, 2.45) is 0 Å². The van der Waals surface area contributed by atoms with Crippen LogP contribution < -0.4 is 4.90 Å². The van der Waals surface area contributed by atoms with Gasteiger partial charge < -0.3 is 9.64 Å². The molecular weight excluding hydrogens is 281 g/mol. The third-order valence-corrected chi connectivity index (χ3v) is 4.72. The maximum atomic E-state index is 14.1. The zero-order valence-electron chi connectivity index (χ0n) is 11.6. The highest BCUT2D eigenvalue weighted by Crippen LogP contribution is 2.33. The molecule has 6 heteroatoms. The maximum absolute atomic E-state index is 14.1. The van der Waals surface area contributed by atoms with E-state index in [1.807, 2.05) is 4.90 Å². The molecule has 0 amide bonds. The van der Waals surface area contributed by atoms with E-state index in [-0.39, 0.29) is 11.4 Å². The second-order valence-corrected chi connectivity index (χ2v) is 6.08. The molecule has 0 N–H and O–H groups in total. The van der Waals surface area contributed by atoms with Gasteiger partial charge >= 0.3 is 0 Å². The van der Waals surface area contributed by atoms with Gasteiger partial charge in [-0.1, -0.05) is 11.6 Å². The SMILES string of the molecule is CN1CCN(c2ncc(Cl)cc2F)CC12CCOCC2. The van der Waals surface area contributed by atoms with Crippen molar-refractivity contribution in [1.29, 1.82) is 0 Å². The number of pyridine rings is 1. The first kappa shape index (κ1) is 14.0. The topological polar surface area (TPSA) is 28.6 Å². The molecule has 2 saturated heterocycles. The molecule has 1 spiro atoms. The Balaban J connectivity index is 1.84. The summed E-state index contributed by atoms with van der Waals surface area (Å²) < 4.78 is 19.5. The number of halogens is 2. The number of aromatic nitrogens is 1. The largest absolute Gasteiger partial charge is 0.381 e. The first-order chi connectivity index (χ1) is 9.61. The van der Waals surface area contributed by atoms with E-state index in [1.54, 1.807) is 0 Å². The molecule has 0 aromatic carbocycles. The molecule has 1 aromatic heterocycles. The Morgan fingerprint density at radius 1 is 1.35 bits per heavy atom. The first-order valence-electron chi connectivity index (χ1n) is 6.96. The van der Waals surface area contributed by atoms with Gasteiger partial charge in [0.15, 0.2) is 11.6 Å². The molecule has 20 heavy (non-hydrogen) atoms. The Kier molecular flexibility index (Phi) is 3.84. The lowest BCUT2D eigenvalue weighted by molar-refractivity contribution is -0.0222. The van der Waals surface area contributed by atoms with E-state index in [0.29, 0.717) is 10.8 Å². The maximum Gasteiger partial charge on any atom is 0.167 e. The average Bonchev–Trinajstić information content (AvgIpc) is 2.43. The van der Waals surface area contributed by atoms with Crippen molar-refractivity contribution in [2.45, 2.75) is 18.4 Å². The summed E-state index contributed by atoms with van der Waals surface area (Å²) >= 11 is 5.78. The Morgan fingerprint density at radius 3 is 2.80 bits per heavy atom. The van der Waals surface area contributed by atoms with Crippen LogP contribution in [0.25, 0.3) is 0 Å². The van der Waals surface area contributed by atoms with Gasteiger partial charge in [-0.05, 0) is 26.0 Å². The fourth-order valence-electron chi connectivity index (χ4n) is 3.17. The van der Waals surface area contributed by atoms with E-state index in [0.717, 1.165) is 45.7 Å². The minimum Gasteiger partial charge on any atom is -0.381 e. The highest BCUT2D eigenvalue weighted by Gasteiger charge is 2.41. The monoisotopic (exact) mass is 299 g/mol. The van der Waals surface area contributed by atoms with Crippen LogP contribution in [-0.2, 0) is 4.74 Å². The number of hydrogen-bond acceptors (Lipinski definition) is 4. The van der Waals surface area contributed by atoms with E-state index in [9.17, 15) is 4.39 Å². The van der Waals surface area contributed by atoms with E-state index >= 15 is 0 Å². The van der Waals surface area contributed by atoms with Crippen LogP contribution in [0.2, 0.25) is 5.02 Å². The Labute approximate surface area is 123 Å². The lowest BCUT2D eigenvalue weighted by Crippen LogP contribution is -2.63. The molecule has 0 bridgehead atoms. The quantitative estimate of drug-likeness (QED) is 0.795. The first-order valence-corrected chi connectivity index (χ1v) is 7.33. The van der Waals surface area contributed by atoms with Crippen LogP contribution in [0, 0.1) is 5.82 Å². The molecule has 0 unspecified atom stereocenters. The van der Waals surface area contributed by atoms with Crippen LogP contribution in [0.1, 0.15) is 12.8 Å². The molecule has 3 heterocycles. The summed E-state index contributed by atoms with van der Waals surface area (Å²) in [6, 6.07) is 1.33. The minimum absolute atomic E-state index is 0.0737. The van der Waals surface area contributed by atoms with Crippen molar-refractivity contribution >= 4 is 17.4 Å². The van der Waals surface area contributed by atoms with Gasteiger partial charge in [0.05, 0.1) is 5.02 Å². The fourth-order valence-corrected chi connectivity index (χ4v) is 3.32. The van der Waals surface area contributed by atoms with E-state index in [4.69, 9.17) is 16.3 Å². The van der Waals surface area contributed by atoms with Crippen LogP contribution in [0.15, 0.2) is 12.3 Å². The van der Waals surface area contributed by atoms with Crippen molar-refractivity contribution in [1.82, 2.24) is 9.88 Å². The third kappa shape index (κ3) is 2.50. The van der Waals surface area contributed by atoms with E-state index in [2.05, 4.69) is 16.9 Å². The van der Waals surface area contributed by atoms with Crippen molar-refractivity contribution in [2.75, 3.05) is 44.8 Å². The lowest BCUT2D eigenvalue weighted by Gasteiger charge is -2.51. The summed E-state index contributed by atoms with van der Waals surface area (Å²) in [7, 11) is 2.15. The molecular formula is C14H19ClFN3O. The molecule has 2 fully saturated rings. The molecule has 2 aliphatic heterocycles. The molecule has 0 atom stereocenters. The van der Waals surface area contributed by atoms with Gasteiger partial charge in [-0.2, -0.15) is 0 Å². The molecule has 2 aliphatic rings. The summed E-state index contributed by atoms with van der Waals surface area (Å²) in [5.74, 6) is 0.0672. The van der Waals surface area contributed by atoms with Gasteiger partial charge in [-0.3, -0.25) is 4.90 Å². The van der Waals surface area contributed by atoms with Gasteiger partial charge in [-0.15, -0.1) is 0 Å². The standard InChI is InChI=1S/C14H19ClFN3O/c1-18-4-5-19(10-14(18)2-6-20-7-3-14)13-12(16)8-11(15)9-17-13/h8-9H,2-7,10H2,1H3. The fraction of sp³-hybridized carbons (Fsp3) is 0.643. The number of rotatable bonds is 1. The Hall–Kier alpha value is -0.910. The number of piperazine rings is 1. The summed E-state index contributed by atoms with van der Waals surface area (Å²) in [6.45, 7) is 4.02. The second kappa shape index (κ2) is 5.47. The molecule has 4 nitrogen and oxygen atoms in total. The molecule has 0 saturated carbocycles. The molecule has 110 valence electrons. The zero-order chi connectivity index (χ0) is 14.2. The van der Waals surface area contributed by atoms with Crippen LogP contribution >= 0.6 is 11.6 Å². The number of hydrogen-bond donors (Lipinski definition) is 0. The van der Waals surface area contributed by atoms with Crippen molar-refractivity contribution < 1.29 is 9.13 Å². The predicted molar refractivity (Wildman–Crippen MR) is 76.8 cm³/mol. The van der Waals surface area contributed by atoms with Crippen molar-refractivity contribution in [3.8, 4) is 0 Å². The Bertz CT molecular complexity index is 493. The van der Waals surface area contributed by atoms with Gasteiger partial charge in [0, 0.05) is 44.6 Å². The second-order valence-electron chi connectivity index (χ2n) is 5.64. The minimum atomic E-state index is -0.343. The smallest absolute Gasteiger partial charge is 0.167 e. The van der Waals surface area contributed by atoms with E-state index < -0.39 is 0 Å². The van der Waals surface area contributed by atoms with Gasteiger partial charge in [0.25, 0.3) is 0 Å². The molecule has 0 aliphatic carbocycles. The van der Waals surface area contributed by atoms with Crippen molar-refractivity contribution in [3.05, 3.63) is 23.1 Å².